The van der Waals surface area contributed by atoms with Crippen LogP contribution >= 0.6 is 0 Å². The summed E-state index contributed by atoms with van der Waals surface area (Å²) in [5, 5.41) is 9.73. The second-order valence-corrected chi connectivity index (χ2v) is 6.36. The van der Waals surface area contributed by atoms with Gasteiger partial charge in [0.25, 0.3) is 5.91 Å². The lowest BCUT2D eigenvalue weighted by atomic mass is 10.0. The van der Waals surface area contributed by atoms with E-state index in [0.717, 1.165) is 22.6 Å². The molecular weight excluding hydrogens is 314 g/mol. The summed E-state index contributed by atoms with van der Waals surface area (Å²) in [6, 6.07) is 14.8. The Morgan fingerprint density at radius 3 is 2.44 bits per heavy atom. The molecule has 0 bridgehead atoms. The first-order valence-corrected chi connectivity index (χ1v) is 8.15. The molecule has 2 unspecified atom stereocenters. The van der Waals surface area contributed by atoms with Gasteiger partial charge < -0.3 is 14.5 Å². The fourth-order valence-electron chi connectivity index (χ4n) is 3.23. The summed E-state index contributed by atoms with van der Waals surface area (Å²) in [4.78, 5) is 16.5. The van der Waals surface area contributed by atoms with Gasteiger partial charge in [-0.05, 0) is 42.8 Å². The molecule has 2 aromatic carbocycles. The van der Waals surface area contributed by atoms with Crippen LogP contribution in [0, 0.1) is 11.3 Å². The van der Waals surface area contributed by atoms with Crippen molar-refractivity contribution in [2.45, 2.75) is 19.0 Å². The number of nitrogens with zero attached hydrogens (tertiary/aromatic N) is 3. The van der Waals surface area contributed by atoms with Crippen LogP contribution in [-0.2, 0) is 0 Å². The van der Waals surface area contributed by atoms with Crippen molar-refractivity contribution >= 4 is 11.6 Å². The van der Waals surface area contributed by atoms with Crippen LogP contribution in [0.25, 0.3) is 0 Å². The molecule has 5 nitrogen and oxygen atoms in total. The molecule has 3 rings (SSSR count). The predicted molar refractivity (Wildman–Crippen MR) is 96.7 cm³/mol. The monoisotopic (exact) mass is 335 g/mol. The number of fused-ring (bicyclic) bond motifs is 1. The molecule has 128 valence electrons. The number of amides is 1. The number of carbonyl (C=O) groups is 1. The van der Waals surface area contributed by atoms with Crippen LogP contribution in [0.5, 0.6) is 5.75 Å². The highest BCUT2D eigenvalue weighted by Crippen LogP contribution is 2.40. The minimum absolute atomic E-state index is 0.102. The quantitative estimate of drug-likeness (QED) is 0.857. The van der Waals surface area contributed by atoms with Gasteiger partial charge in [0.05, 0.1) is 19.2 Å². The third-order valence-corrected chi connectivity index (χ3v) is 4.73. The number of hydrogen-bond donors (Lipinski definition) is 0. The van der Waals surface area contributed by atoms with Crippen molar-refractivity contribution in [2.75, 3.05) is 26.1 Å². The molecular formula is C20H21N3O2. The van der Waals surface area contributed by atoms with Crippen molar-refractivity contribution in [2.24, 2.45) is 0 Å². The number of ether oxygens (including phenoxy) is 1. The number of benzene rings is 2. The van der Waals surface area contributed by atoms with Gasteiger partial charge in [-0.25, -0.2) is 0 Å². The summed E-state index contributed by atoms with van der Waals surface area (Å²) in [5.74, 6) is 0.662. The van der Waals surface area contributed by atoms with Crippen molar-refractivity contribution in [3.05, 3.63) is 59.2 Å². The first kappa shape index (κ1) is 16.8. The summed E-state index contributed by atoms with van der Waals surface area (Å²) in [6.07, 6.45) is 0. The molecule has 1 heterocycles. The number of nitriles is 1. The summed E-state index contributed by atoms with van der Waals surface area (Å²) in [7, 11) is 5.50. The lowest BCUT2D eigenvalue weighted by Gasteiger charge is -2.28. The largest absolute Gasteiger partial charge is 0.497 e. The predicted octanol–water partition coefficient (Wildman–Crippen LogP) is 3.54. The number of carbonyl (C=O) groups excluding carboxylic acids is 1. The third-order valence-electron chi connectivity index (χ3n) is 4.73. The van der Waals surface area contributed by atoms with Crippen LogP contribution in [0.4, 0.5) is 5.69 Å². The molecule has 1 aliphatic rings. The first-order chi connectivity index (χ1) is 12.0. The van der Waals surface area contributed by atoms with E-state index in [4.69, 9.17) is 4.74 Å². The molecule has 0 spiro atoms. The molecule has 0 aromatic heterocycles. The molecule has 0 saturated carbocycles. The summed E-state index contributed by atoms with van der Waals surface area (Å²) >= 11 is 0. The Bertz CT molecular complexity index is 837. The zero-order valence-corrected chi connectivity index (χ0v) is 14.9. The molecule has 0 aliphatic carbocycles. The molecule has 2 atom stereocenters. The van der Waals surface area contributed by atoms with Crippen LogP contribution in [0.1, 0.15) is 40.5 Å². The molecule has 0 N–H and O–H groups in total. The van der Waals surface area contributed by atoms with E-state index in [2.05, 4.69) is 6.07 Å². The summed E-state index contributed by atoms with van der Waals surface area (Å²) in [5.41, 5.74) is 3.33. The number of methoxy groups -OCH3 is 1. The van der Waals surface area contributed by atoms with Crippen LogP contribution in [-0.4, -0.2) is 32.0 Å². The Hall–Kier alpha value is -3.00. The van der Waals surface area contributed by atoms with Crippen molar-refractivity contribution in [1.82, 2.24) is 4.90 Å². The van der Waals surface area contributed by atoms with Gasteiger partial charge in [-0.1, -0.05) is 12.1 Å². The van der Waals surface area contributed by atoms with E-state index >= 15 is 0 Å². The maximum atomic E-state index is 12.9. The highest BCUT2D eigenvalue weighted by atomic mass is 16.5. The molecule has 0 radical (unpaired) electrons. The van der Waals surface area contributed by atoms with Crippen molar-refractivity contribution in [3.8, 4) is 11.8 Å². The third kappa shape index (κ3) is 2.80. The zero-order chi connectivity index (χ0) is 18.1. The standard InChI is InChI=1S/C20H21N3O2/c1-13(14-5-8-16(25-4)9-6-14)23-19(12-21)18-11-15(22(2)3)7-10-17(18)20(23)24/h5-11,13,19H,1-4H3. The Kier molecular flexibility index (Phi) is 4.37. The van der Waals surface area contributed by atoms with Gasteiger partial charge >= 0.3 is 0 Å². The molecule has 0 saturated heterocycles. The Morgan fingerprint density at radius 2 is 1.88 bits per heavy atom. The van der Waals surface area contributed by atoms with Gasteiger partial charge in [0, 0.05) is 30.9 Å². The maximum Gasteiger partial charge on any atom is 0.256 e. The normalized spacial score (nSPS) is 17.0. The minimum Gasteiger partial charge on any atom is -0.497 e. The topological polar surface area (TPSA) is 56.6 Å². The van der Waals surface area contributed by atoms with Crippen LogP contribution in [0.2, 0.25) is 0 Å². The van der Waals surface area contributed by atoms with E-state index in [-0.39, 0.29) is 11.9 Å². The zero-order valence-electron chi connectivity index (χ0n) is 14.9. The molecule has 25 heavy (non-hydrogen) atoms. The molecule has 1 aliphatic heterocycles. The van der Waals surface area contributed by atoms with Crippen molar-refractivity contribution in [3.63, 3.8) is 0 Å². The number of anilines is 1. The maximum absolute atomic E-state index is 12.9. The average molecular weight is 335 g/mol. The lowest BCUT2D eigenvalue weighted by molar-refractivity contribution is 0.0687. The van der Waals surface area contributed by atoms with Gasteiger partial charge in [-0.2, -0.15) is 5.26 Å². The summed E-state index contributed by atoms with van der Waals surface area (Å²) in [6.45, 7) is 1.95. The van der Waals surface area contributed by atoms with E-state index in [0.29, 0.717) is 5.56 Å². The highest BCUT2D eigenvalue weighted by molar-refractivity contribution is 6.00. The molecule has 0 fully saturated rings. The highest BCUT2D eigenvalue weighted by Gasteiger charge is 2.40. The van der Waals surface area contributed by atoms with Crippen LogP contribution in [0.3, 0.4) is 0 Å². The van der Waals surface area contributed by atoms with Crippen molar-refractivity contribution < 1.29 is 9.53 Å². The van der Waals surface area contributed by atoms with Gasteiger partial charge in [0.1, 0.15) is 11.8 Å². The Balaban J connectivity index is 1.99. The van der Waals surface area contributed by atoms with E-state index in [1.165, 1.54) is 0 Å². The van der Waals surface area contributed by atoms with Crippen molar-refractivity contribution in [1.29, 1.82) is 5.26 Å². The smallest absolute Gasteiger partial charge is 0.256 e. The SMILES string of the molecule is COc1ccc(C(C)N2C(=O)c3ccc(N(C)C)cc3C2C#N)cc1. The first-order valence-electron chi connectivity index (χ1n) is 8.15. The van der Waals surface area contributed by atoms with E-state index in [9.17, 15) is 10.1 Å². The second-order valence-electron chi connectivity index (χ2n) is 6.36. The van der Waals surface area contributed by atoms with Gasteiger partial charge in [-0.15, -0.1) is 0 Å². The van der Waals surface area contributed by atoms with Gasteiger partial charge in [0.15, 0.2) is 0 Å². The van der Waals surface area contributed by atoms with E-state index < -0.39 is 6.04 Å². The van der Waals surface area contributed by atoms with Crippen LogP contribution in [0.15, 0.2) is 42.5 Å². The minimum atomic E-state index is -0.584. The molecule has 1 amide bonds. The Morgan fingerprint density at radius 1 is 1.20 bits per heavy atom. The van der Waals surface area contributed by atoms with E-state index in [1.807, 2.05) is 68.4 Å². The summed E-state index contributed by atoms with van der Waals surface area (Å²) < 4.78 is 5.19. The Labute approximate surface area is 148 Å². The van der Waals surface area contributed by atoms with Gasteiger partial charge in [0.2, 0.25) is 0 Å². The van der Waals surface area contributed by atoms with E-state index in [1.54, 1.807) is 12.0 Å². The van der Waals surface area contributed by atoms with Gasteiger partial charge in [-0.3, -0.25) is 4.79 Å². The number of hydrogen-bond acceptors (Lipinski definition) is 4. The molecule has 2 aromatic rings. The fraction of sp³-hybridized carbons (Fsp3) is 0.300. The molecule has 5 heteroatoms. The number of rotatable bonds is 4. The van der Waals surface area contributed by atoms with Crippen LogP contribution < -0.4 is 9.64 Å². The second kappa shape index (κ2) is 6.48. The average Bonchev–Trinajstić information content (AvgIpc) is 2.92. The lowest BCUT2D eigenvalue weighted by Crippen LogP contribution is -2.30. The fourth-order valence-corrected chi connectivity index (χ4v) is 3.23.